The Morgan fingerprint density at radius 1 is 0.833 bits per heavy atom. The van der Waals surface area contributed by atoms with Gasteiger partial charge in [-0.15, -0.1) is 0 Å². The maximum atomic E-state index is 4.82. The third-order valence-corrected chi connectivity index (χ3v) is 4.11. The lowest BCUT2D eigenvalue weighted by Gasteiger charge is -2.15. The summed E-state index contributed by atoms with van der Waals surface area (Å²) in [5, 5.41) is 0. The number of nitrogens with zero attached hydrogens (tertiary/aromatic N) is 4. The van der Waals surface area contributed by atoms with Crippen molar-refractivity contribution in [2.75, 3.05) is 0 Å². The van der Waals surface area contributed by atoms with Crippen LogP contribution in [0.3, 0.4) is 0 Å². The van der Waals surface area contributed by atoms with Gasteiger partial charge < -0.3 is 0 Å². The van der Waals surface area contributed by atoms with Crippen LogP contribution >= 0.6 is 0 Å². The Morgan fingerprint density at radius 2 is 1.62 bits per heavy atom. The summed E-state index contributed by atoms with van der Waals surface area (Å²) < 4.78 is 2.12. The molecule has 1 aromatic carbocycles. The van der Waals surface area contributed by atoms with E-state index in [9.17, 15) is 0 Å². The SMILES string of the molecule is CC(C)c1cccnc1-n1c(-c2ccccn2)nc2ccccc21. The molecule has 4 aromatic rings. The molecule has 0 aliphatic rings. The summed E-state index contributed by atoms with van der Waals surface area (Å²) in [5.74, 6) is 2.10. The minimum absolute atomic E-state index is 0.367. The van der Waals surface area contributed by atoms with E-state index in [0.29, 0.717) is 5.92 Å². The highest BCUT2D eigenvalue weighted by Gasteiger charge is 2.18. The second-order valence-corrected chi connectivity index (χ2v) is 6.05. The highest BCUT2D eigenvalue weighted by Crippen LogP contribution is 2.30. The van der Waals surface area contributed by atoms with Crippen LogP contribution in [0.1, 0.15) is 25.3 Å². The van der Waals surface area contributed by atoms with E-state index in [-0.39, 0.29) is 0 Å². The molecule has 0 amide bonds. The molecule has 24 heavy (non-hydrogen) atoms. The zero-order valence-corrected chi connectivity index (χ0v) is 13.7. The molecule has 0 atom stereocenters. The summed E-state index contributed by atoms with van der Waals surface area (Å²) in [6.45, 7) is 4.36. The van der Waals surface area contributed by atoms with Gasteiger partial charge in [0.15, 0.2) is 5.82 Å². The maximum absolute atomic E-state index is 4.82. The fourth-order valence-corrected chi connectivity index (χ4v) is 2.95. The topological polar surface area (TPSA) is 43.6 Å². The van der Waals surface area contributed by atoms with Crippen LogP contribution in [0.2, 0.25) is 0 Å². The van der Waals surface area contributed by atoms with Gasteiger partial charge in [-0.1, -0.05) is 38.1 Å². The molecule has 4 nitrogen and oxygen atoms in total. The summed E-state index contributed by atoms with van der Waals surface area (Å²) in [6.07, 6.45) is 3.62. The molecule has 0 aliphatic heterocycles. The third-order valence-electron chi connectivity index (χ3n) is 4.11. The van der Waals surface area contributed by atoms with Gasteiger partial charge in [-0.25, -0.2) is 9.97 Å². The van der Waals surface area contributed by atoms with Gasteiger partial charge in [-0.05, 0) is 41.8 Å². The molecule has 0 bridgehead atoms. The van der Waals surface area contributed by atoms with Crippen LogP contribution in [0, 0.1) is 0 Å². The highest BCUT2D eigenvalue weighted by atomic mass is 15.1. The third kappa shape index (κ3) is 2.36. The summed E-state index contributed by atoms with van der Waals surface area (Å²) in [6, 6.07) is 18.1. The fraction of sp³-hybridized carbons (Fsp3) is 0.150. The Hall–Kier alpha value is -3.01. The molecule has 4 heteroatoms. The summed E-state index contributed by atoms with van der Waals surface area (Å²) >= 11 is 0. The van der Waals surface area contributed by atoms with Crippen LogP contribution in [0.4, 0.5) is 0 Å². The second kappa shape index (κ2) is 5.89. The molecule has 0 unspecified atom stereocenters. The predicted molar refractivity (Wildman–Crippen MR) is 96.2 cm³/mol. The van der Waals surface area contributed by atoms with Crippen LogP contribution in [0.25, 0.3) is 28.4 Å². The minimum Gasteiger partial charge on any atom is -0.275 e. The zero-order chi connectivity index (χ0) is 16.5. The second-order valence-electron chi connectivity index (χ2n) is 6.05. The molecule has 0 saturated carbocycles. The Kier molecular flexibility index (Phi) is 3.58. The molecule has 0 fully saturated rings. The highest BCUT2D eigenvalue weighted by molar-refractivity contribution is 5.82. The van der Waals surface area contributed by atoms with Gasteiger partial charge in [0.25, 0.3) is 0 Å². The number of rotatable bonds is 3. The van der Waals surface area contributed by atoms with Gasteiger partial charge in [-0.3, -0.25) is 9.55 Å². The van der Waals surface area contributed by atoms with E-state index in [0.717, 1.165) is 28.4 Å². The smallest absolute Gasteiger partial charge is 0.165 e. The van der Waals surface area contributed by atoms with Crippen molar-refractivity contribution in [3.8, 4) is 17.3 Å². The molecule has 3 aromatic heterocycles. The molecule has 0 aliphatic carbocycles. The van der Waals surface area contributed by atoms with Crippen molar-refractivity contribution in [2.45, 2.75) is 19.8 Å². The number of pyridine rings is 2. The standard InChI is InChI=1S/C20H18N4/c1-14(2)15-8-7-13-22-19(15)24-18-11-4-3-9-16(18)23-20(24)17-10-5-6-12-21-17/h3-14H,1-2H3. The van der Waals surface area contributed by atoms with Gasteiger partial charge in [0.05, 0.1) is 11.0 Å². The Bertz CT molecular complexity index is 987. The van der Waals surface area contributed by atoms with E-state index in [4.69, 9.17) is 4.98 Å². The molecular formula is C20H18N4. The molecule has 0 radical (unpaired) electrons. The van der Waals surface area contributed by atoms with Gasteiger partial charge in [-0.2, -0.15) is 0 Å². The number of aromatic nitrogens is 4. The van der Waals surface area contributed by atoms with Crippen molar-refractivity contribution in [3.63, 3.8) is 0 Å². The zero-order valence-electron chi connectivity index (χ0n) is 13.7. The molecule has 0 N–H and O–H groups in total. The summed E-state index contributed by atoms with van der Waals surface area (Å²) in [4.78, 5) is 14.0. The number of hydrogen-bond acceptors (Lipinski definition) is 3. The molecule has 3 heterocycles. The van der Waals surface area contributed by atoms with Gasteiger partial charge in [0, 0.05) is 12.4 Å². The van der Waals surface area contributed by atoms with Crippen molar-refractivity contribution in [3.05, 3.63) is 72.6 Å². The Labute approximate surface area is 140 Å². The largest absolute Gasteiger partial charge is 0.275 e. The van der Waals surface area contributed by atoms with E-state index in [1.807, 2.05) is 48.7 Å². The van der Waals surface area contributed by atoms with E-state index < -0.39 is 0 Å². The first-order chi connectivity index (χ1) is 11.8. The lowest BCUT2D eigenvalue weighted by molar-refractivity contribution is 0.834. The lowest BCUT2D eigenvalue weighted by atomic mass is 10.0. The molecular weight excluding hydrogens is 296 g/mol. The van der Waals surface area contributed by atoms with Crippen LogP contribution in [-0.2, 0) is 0 Å². The van der Waals surface area contributed by atoms with Gasteiger partial charge in [0.1, 0.15) is 11.5 Å². The first kappa shape index (κ1) is 14.6. The van der Waals surface area contributed by atoms with Crippen molar-refractivity contribution in [2.24, 2.45) is 0 Å². The average molecular weight is 314 g/mol. The van der Waals surface area contributed by atoms with E-state index >= 15 is 0 Å². The first-order valence-corrected chi connectivity index (χ1v) is 8.10. The Morgan fingerprint density at radius 3 is 2.42 bits per heavy atom. The minimum atomic E-state index is 0.367. The van der Waals surface area contributed by atoms with E-state index in [1.54, 1.807) is 6.20 Å². The van der Waals surface area contributed by atoms with Crippen molar-refractivity contribution < 1.29 is 0 Å². The molecule has 0 spiro atoms. The number of fused-ring (bicyclic) bond motifs is 1. The van der Waals surface area contributed by atoms with Crippen LogP contribution in [0.15, 0.2) is 67.0 Å². The quantitative estimate of drug-likeness (QED) is 0.555. The van der Waals surface area contributed by atoms with Crippen molar-refractivity contribution in [1.29, 1.82) is 0 Å². The number of para-hydroxylation sites is 2. The Balaban J connectivity index is 2.08. The average Bonchev–Trinajstić information content (AvgIpc) is 3.02. The van der Waals surface area contributed by atoms with E-state index in [1.165, 1.54) is 5.56 Å². The van der Waals surface area contributed by atoms with Crippen molar-refractivity contribution in [1.82, 2.24) is 19.5 Å². The fourth-order valence-electron chi connectivity index (χ4n) is 2.95. The summed E-state index contributed by atoms with van der Waals surface area (Å²) in [5.41, 5.74) is 4.02. The van der Waals surface area contributed by atoms with Gasteiger partial charge >= 0.3 is 0 Å². The van der Waals surface area contributed by atoms with Crippen LogP contribution in [-0.4, -0.2) is 19.5 Å². The van der Waals surface area contributed by atoms with Crippen LogP contribution < -0.4 is 0 Å². The normalized spacial score (nSPS) is 11.3. The monoisotopic (exact) mass is 314 g/mol. The van der Waals surface area contributed by atoms with Crippen molar-refractivity contribution >= 4 is 11.0 Å². The maximum Gasteiger partial charge on any atom is 0.165 e. The molecule has 118 valence electrons. The number of benzene rings is 1. The van der Waals surface area contributed by atoms with Gasteiger partial charge in [0.2, 0.25) is 0 Å². The number of imidazole rings is 1. The van der Waals surface area contributed by atoms with E-state index in [2.05, 4.69) is 40.5 Å². The van der Waals surface area contributed by atoms with Crippen LogP contribution in [0.5, 0.6) is 0 Å². The predicted octanol–water partition coefficient (Wildman–Crippen LogP) is 4.61. The number of hydrogen-bond donors (Lipinski definition) is 0. The lowest BCUT2D eigenvalue weighted by Crippen LogP contribution is -2.06. The first-order valence-electron chi connectivity index (χ1n) is 8.10. The molecule has 0 saturated heterocycles. The summed E-state index contributed by atoms with van der Waals surface area (Å²) in [7, 11) is 0. The molecule has 4 rings (SSSR count).